The smallest absolute Gasteiger partial charge is 0.220 e. The quantitative estimate of drug-likeness (QED) is 0.730. The van der Waals surface area contributed by atoms with Gasteiger partial charge in [-0.25, -0.2) is 4.98 Å². The molecule has 1 aliphatic rings. The predicted molar refractivity (Wildman–Crippen MR) is 109 cm³/mol. The number of carbonyl (C=O) groups is 1. The normalized spacial score (nSPS) is 15.6. The first-order valence-electron chi connectivity index (χ1n) is 9.88. The maximum absolute atomic E-state index is 12.3. The minimum absolute atomic E-state index is 0.0998. The lowest BCUT2D eigenvalue weighted by Crippen LogP contribution is -2.33. The zero-order valence-electron chi connectivity index (χ0n) is 16.6. The van der Waals surface area contributed by atoms with E-state index in [1.54, 1.807) is 25.4 Å². The number of piperidine rings is 1. The third-order valence-electron chi connectivity index (χ3n) is 5.25. The van der Waals surface area contributed by atoms with E-state index >= 15 is 0 Å². The van der Waals surface area contributed by atoms with Crippen LogP contribution in [0, 0.1) is 11.8 Å². The summed E-state index contributed by atoms with van der Waals surface area (Å²) in [7, 11) is 1.62. The number of benzene rings is 1. The van der Waals surface area contributed by atoms with E-state index in [1.165, 1.54) is 0 Å². The maximum Gasteiger partial charge on any atom is 0.220 e. The molecule has 0 radical (unpaired) electrons. The van der Waals surface area contributed by atoms with Crippen molar-refractivity contribution in [1.29, 1.82) is 0 Å². The number of hydrogen-bond donors (Lipinski definition) is 2. The van der Waals surface area contributed by atoms with Gasteiger partial charge in [-0.3, -0.25) is 4.79 Å². The van der Waals surface area contributed by atoms with Crippen LogP contribution in [0.25, 0.3) is 0 Å². The Morgan fingerprint density at radius 2 is 2.04 bits per heavy atom. The molecule has 1 aromatic carbocycles. The van der Waals surface area contributed by atoms with Crippen LogP contribution in [0.1, 0.15) is 31.7 Å². The molecule has 6 heteroatoms. The largest absolute Gasteiger partial charge is 0.497 e. The van der Waals surface area contributed by atoms with Crippen molar-refractivity contribution in [1.82, 2.24) is 15.6 Å². The molecule has 1 unspecified atom stereocenters. The van der Waals surface area contributed by atoms with Gasteiger partial charge in [-0.2, -0.15) is 0 Å². The van der Waals surface area contributed by atoms with Gasteiger partial charge in [-0.1, -0.05) is 19.1 Å². The van der Waals surface area contributed by atoms with E-state index in [4.69, 9.17) is 9.47 Å². The second-order valence-corrected chi connectivity index (χ2v) is 7.33. The van der Waals surface area contributed by atoms with Crippen molar-refractivity contribution in [2.75, 3.05) is 20.2 Å². The van der Waals surface area contributed by atoms with Crippen molar-refractivity contribution in [3.8, 4) is 17.4 Å². The monoisotopic (exact) mass is 383 g/mol. The van der Waals surface area contributed by atoms with E-state index in [0.29, 0.717) is 36.4 Å². The molecule has 1 aromatic heterocycles. The molecule has 1 aliphatic heterocycles. The van der Waals surface area contributed by atoms with Crippen molar-refractivity contribution >= 4 is 5.91 Å². The predicted octanol–water partition coefficient (Wildman–Crippen LogP) is 3.52. The van der Waals surface area contributed by atoms with Gasteiger partial charge in [-0.05, 0) is 55.5 Å². The maximum atomic E-state index is 12.3. The van der Waals surface area contributed by atoms with Crippen LogP contribution >= 0.6 is 0 Å². The third-order valence-corrected chi connectivity index (χ3v) is 5.25. The highest BCUT2D eigenvalue weighted by atomic mass is 16.5. The molecule has 6 nitrogen and oxygen atoms in total. The van der Waals surface area contributed by atoms with Crippen LogP contribution in [0.2, 0.25) is 0 Å². The van der Waals surface area contributed by atoms with E-state index in [-0.39, 0.29) is 5.91 Å². The molecule has 1 amide bonds. The number of amides is 1. The Balaban J connectivity index is 1.45. The molecule has 3 rings (SSSR count). The average molecular weight is 383 g/mol. The summed E-state index contributed by atoms with van der Waals surface area (Å²) in [5, 5.41) is 6.37. The average Bonchev–Trinajstić information content (AvgIpc) is 2.74. The van der Waals surface area contributed by atoms with E-state index in [0.717, 1.165) is 37.2 Å². The molecular weight excluding hydrogens is 354 g/mol. The van der Waals surface area contributed by atoms with E-state index in [9.17, 15) is 4.79 Å². The summed E-state index contributed by atoms with van der Waals surface area (Å²) in [6.45, 7) is 4.78. The Labute approximate surface area is 166 Å². The topological polar surface area (TPSA) is 72.5 Å². The van der Waals surface area contributed by atoms with Crippen LogP contribution < -0.4 is 20.1 Å². The molecule has 0 aliphatic carbocycles. The van der Waals surface area contributed by atoms with Crippen LogP contribution in [-0.4, -0.2) is 31.1 Å². The number of carbonyl (C=O) groups excluding carboxylic acids is 1. The number of nitrogens with zero attached hydrogens (tertiary/aromatic N) is 1. The molecule has 2 N–H and O–H groups in total. The van der Waals surface area contributed by atoms with Crippen LogP contribution in [0.5, 0.6) is 17.4 Å². The highest BCUT2D eigenvalue weighted by Gasteiger charge is 2.21. The molecule has 1 saturated heterocycles. The lowest BCUT2D eigenvalue weighted by Gasteiger charge is -2.27. The van der Waals surface area contributed by atoms with Gasteiger partial charge in [0.25, 0.3) is 0 Å². The minimum atomic E-state index is 0.0998. The number of ether oxygens (including phenoxy) is 2. The first-order chi connectivity index (χ1) is 13.6. The molecule has 150 valence electrons. The standard InChI is InChI=1S/C22H29N3O3/c1-16(18-8-10-23-11-9-18)12-21(26)24-14-17-6-7-22(25-15-17)28-20-5-3-4-19(13-20)27-2/h3-7,13,15-16,18,23H,8-12,14H2,1-2H3,(H,24,26). The van der Waals surface area contributed by atoms with Crippen molar-refractivity contribution < 1.29 is 14.3 Å². The minimum Gasteiger partial charge on any atom is -0.497 e. The lowest BCUT2D eigenvalue weighted by atomic mass is 9.84. The van der Waals surface area contributed by atoms with Gasteiger partial charge in [0, 0.05) is 31.3 Å². The summed E-state index contributed by atoms with van der Waals surface area (Å²) in [4.78, 5) is 16.6. The molecule has 0 saturated carbocycles. The molecule has 0 spiro atoms. The van der Waals surface area contributed by atoms with Crippen LogP contribution in [0.15, 0.2) is 42.6 Å². The van der Waals surface area contributed by atoms with Crippen molar-refractivity contribution in [2.24, 2.45) is 11.8 Å². The van der Waals surface area contributed by atoms with E-state index in [2.05, 4.69) is 22.5 Å². The second kappa shape index (κ2) is 10.1. The molecule has 28 heavy (non-hydrogen) atoms. The highest BCUT2D eigenvalue weighted by Crippen LogP contribution is 2.25. The van der Waals surface area contributed by atoms with Gasteiger partial charge in [0.1, 0.15) is 11.5 Å². The summed E-state index contributed by atoms with van der Waals surface area (Å²) >= 11 is 0. The first-order valence-corrected chi connectivity index (χ1v) is 9.88. The molecule has 0 bridgehead atoms. The van der Waals surface area contributed by atoms with Gasteiger partial charge >= 0.3 is 0 Å². The third kappa shape index (κ3) is 5.96. The first kappa shape index (κ1) is 20.1. The zero-order valence-corrected chi connectivity index (χ0v) is 16.6. The van der Waals surface area contributed by atoms with Crippen LogP contribution in [0.3, 0.4) is 0 Å². The fraction of sp³-hybridized carbons (Fsp3) is 0.455. The zero-order chi connectivity index (χ0) is 19.8. The Kier molecular flexibility index (Phi) is 7.25. The Bertz CT molecular complexity index is 758. The number of hydrogen-bond acceptors (Lipinski definition) is 5. The molecular formula is C22H29N3O3. The van der Waals surface area contributed by atoms with Crippen molar-refractivity contribution in [3.05, 3.63) is 48.2 Å². The summed E-state index contributed by atoms with van der Waals surface area (Å²) in [5.74, 6) is 3.06. The van der Waals surface area contributed by atoms with Gasteiger partial charge in [-0.15, -0.1) is 0 Å². The van der Waals surface area contributed by atoms with E-state index in [1.807, 2.05) is 24.3 Å². The summed E-state index contributed by atoms with van der Waals surface area (Å²) in [6, 6.07) is 11.1. The second-order valence-electron chi connectivity index (χ2n) is 7.33. The van der Waals surface area contributed by atoms with Gasteiger partial charge in [0.2, 0.25) is 11.8 Å². The van der Waals surface area contributed by atoms with Crippen molar-refractivity contribution in [2.45, 2.75) is 32.7 Å². The molecule has 1 atom stereocenters. The summed E-state index contributed by atoms with van der Waals surface area (Å²) < 4.78 is 10.9. The number of methoxy groups -OCH3 is 1. The SMILES string of the molecule is COc1cccc(Oc2ccc(CNC(=O)CC(C)C3CCNCC3)cn2)c1. The van der Waals surface area contributed by atoms with E-state index < -0.39 is 0 Å². The Hall–Kier alpha value is -2.60. The number of pyridine rings is 1. The Morgan fingerprint density at radius 1 is 1.25 bits per heavy atom. The molecule has 1 fully saturated rings. The van der Waals surface area contributed by atoms with Crippen LogP contribution in [0.4, 0.5) is 0 Å². The van der Waals surface area contributed by atoms with Crippen LogP contribution in [-0.2, 0) is 11.3 Å². The fourth-order valence-corrected chi connectivity index (χ4v) is 3.51. The molecule has 2 aromatic rings. The van der Waals surface area contributed by atoms with Gasteiger partial charge in [0.15, 0.2) is 0 Å². The number of rotatable bonds is 8. The van der Waals surface area contributed by atoms with Crippen molar-refractivity contribution in [3.63, 3.8) is 0 Å². The van der Waals surface area contributed by atoms with Gasteiger partial charge in [0.05, 0.1) is 7.11 Å². The number of aromatic nitrogens is 1. The fourth-order valence-electron chi connectivity index (χ4n) is 3.51. The summed E-state index contributed by atoms with van der Waals surface area (Å²) in [5.41, 5.74) is 0.945. The molecule has 2 heterocycles. The lowest BCUT2D eigenvalue weighted by molar-refractivity contribution is -0.122. The highest BCUT2D eigenvalue weighted by molar-refractivity contribution is 5.76. The Morgan fingerprint density at radius 3 is 2.75 bits per heavy atom. The number of nitrogens with one attached hydrogen (secondary N) is 2. The van der Waals surface area contributed by atoms with Gasteiger partial charge < -0.3 is 20.1 Å². The summed E-state index contributed by atoms with van der Waals surface area (Å²) in [6.07, 6.45) is 4.63.